The Morgan fingerprint density at radius 3 is 2.50 bits per heavy atom. The summed E-state index contributed by atoms with van der Waals surface area (Å²) in [5.41, 5.74) is 1.20. The summed E-state index contributed by atoms with van der Waals surface area (Å²) in [6, 6.07) is 15.5. The number of thiazole rings is 1. The molecule has 0 unspecified atom stereocenters. The molecule has 8 heteroatoms. The predicted molar refractivity (Wildman–Crippen MR) is 119 cm³/mol. The van der Waals surface area contributed by atoms with Crippen molar-refractivity contribution in [3.63, 3.8) is 0 Å². The molecule has 0 bridgehead atoms. The summed E-state index contributed by atoms with van der Waals surface area (Å²) in [6.07, 6.45) is 0. The average Bonchev–Trinajstić information content (AvgIpc) is 3.24. The van der Waals surface area contributed by atoms with Gasteiger partial charge in [0.15, 0.2) is 9.84 Å². The molecule has 0 spiro atoms. The number of nitrogens with zero attached hydrogens (tertiary/aromatic N) is 1. The predicted octanol–water partition coefficient (Wildman–Crippen LogP) is 4.37. The Bertz CT molecular complexity index is 1390. The number of fused-ring (bicyclic) bond motifs is 1. The van der Waals surface area contributed by atoms with Crippen molar-refractivity contribution in [2.75, 3.05) is 7.11 Å². The van der Waals surface area contributed by atoms with Crippen molar-refractivity contribution in [1.82, 2.24) is 9.97 Å². The van der Waals surface area contributed by atoms with Crippen molar-refractivity contribution in [2.45, 2.75) is 23.5 Å². The van der Waals surface area contributed by atoms with Crippen LogP contribution in [-0.4, -0.2) is 25.5 Å². The molecule has 0 aliphatic heterocycles. The third-order valence-electron chi connectivity index (χ3n) is 5.07. The lowest BCUT2D eigenvalue weighted by Crippen LogP contribution is -2.29. The van der Waals surface area contributed by atoms with Crippen molar-refractivity contribution in [3.05, 3.63) is 75.3 Å². The lowest BCUT2D eigenvalue weighted by Gasteiger charge is -2.22. The van der Waals surface area contributed by atoms with Crippen LogP contribution in [0.25, 0.3) is 22.2 Å². The maximum Gasteiger partial charge on any atom is 0.257 e. The van der Waals surface area contributed by atoms with Crippen LogP contribution in [0.4, 0.5) is 0 Å². The van der Waals surface area contributed by atoms with Crippen LogP contribution in [-0.2, 0) is 14.6 Å². The topological polar surface area (TPSA) is 89.1 Å². The number of ether oxygens (including phenoxy) is 1. The number of hydrogen-bond acceptors (Lipinski definition) is 6. The van der Waals surface area contributed by atoms with Crippen LogP contribution < -0.4 is 10.3 Å². The molecule has 0 saturated heterocycles. The third kappa shape index (κ3) is 3.32. The molecule has 0 fully saturated rings. The molecular weight excluding hydrogens is 420 g/mol. The van der Waals surface area contributed by atoms with Crippen molar-refractivity contribution in [3.8, 4) is 17.0 Å². The molecule has 2 aromatic carbocycles. The molecule has 2 heterocycles. The van der Waals surface area contributed by atoms with Crippen LogP contribution in [0.5, 0.6) is 5.75 Å². The standard InChI is InChI=1S/C22H20N2O4S2/c1-22(2,30(26,27)16-7-5-4-6-8-16)21-24-19(13-29-21)17-11-14-9-10-15(28-3)12-18(14)23-20(17)25/h4-13H,1-3H3,(H,23,25). The van der Waals surface area contributed by atoms with Gasteiger partial charge in [0.1, 0.15) is 15.5 Å². The van der Waals surface area contributed by atoms with Crippen LogP contribution in [0.15, 0.2) is 69.7 Å². The fraction of sp³-hybridized carbons (Fsp3) is 0.182. The van der Waals surface area contributed by atoms with E-state index in [4.69, 9.17) is 4.74 Å². The summed E-state index contributed by atoms with van der Waals surface area (Å²) in [4.78, 5) is 20.3. The van der Waals surface area contributed by atoms with Gasteiger partial charge in [0.2, 0.25) is 0 Å². The molecular formula is C22H20N2O4S2. The minimum Gasteiger partial charge on any atom is -0.497 e. The van der Waals surface area contributed by atoms with E-state index in [0.717, 1.165) is 5.39 Å². The van der Waals surface area contributed by atoms with Gasteiger partial charge in [0.25, 0.3) is 5.56 Å². The molecule has 0 atom stereocenters. The first-order valence-corrected chi connectivity index (χ1v) is 11.6. The van der Waals surface area contributed by atoms with E-state index in [2.05, 4.69) is 9.97 Å². The highest BCUT2D eigenvalue weighted by atomic mass is 32.2. The number of H-pyrrole nitrogens is 1. The number of sulfone groups is 1. The van der Waals surface area contributed by atoms with Gasteiger partial charge in [-0.25, -0.2) is 13.4 Å². The summed E-state index contributed by atoms with van der Waals surface area (Å²) in [5.74, 6) is 0.648. The van der Waals surface area contributed by atoms with E-state index in [1.54, 1.807) is 68.8 Å². The van der Waals surface area contributed by atoms with Gasteiger partial charge in [-0.3, -0.25) is 4.79 Å². The van der Waals surface area contributed by atoms with E-state index in [-0.39, 0.29) is 10.5 Å². The molecule has 4 aromatic rings. The Hall–Kier alpha value is -2.97. The summed E-state index contributed by atoms with van der Waals surface area (Å²) < 4.78 is 30.3. The van der Waals surface area contributed by atoms with Crippen molar-refractivity contribution < 1.29 is 13.2 Å². The van der Waals surface area contributed by atoms with Crippen LogP contribution in [0.3, 0.4) is 0 Å². The fourth-order valence-electron chi connectivity index (χ4n) is 3.18. The first-order valence-electron chi connectivity index (χ1n) is 9.21. The highest BCUT2D eigenvalue weighted by Gasteiger charge is 2.40. The van der Waals surface area contributed by atoms with Gasteiger partial charge in [-0.15, -0.1) is 11.3 Å². The quantitative estimate of drug-likeness (QED) is 0.498. The summed E-state index contributed by atoms with van der Waals surface area (Å²) >= 11 is 1.23. The molecule has 30 heavy (non-hydrogen) atoms. The first-order chi connectivity index (χ1) is 14.2. The lowest BCUT2D eigenvalue weighted by atomic mass is 10.1. The van der Waals surface area contributed by atoms with E-state index >= 15 is 0 Å². The minimum atomic E-state index is -3.66. The second-order valence-electron chi connectivity index (χ2n) is 7.33. The van der Waals surface area contributed by atoms with Gasteiger partial charge in [-0.1, -0.05) is 18.2 Å². The SMILES string of the molecule is COc1ccc2cc(-c3csc(C(C)(C)S(=O)(=O)c4ccccc4)n3)c(=O)[nH]c2c1. The maximum absolute atomic E-state index is 13.2. The zero-order valence-electron chi connectivity index (χ0n) is 16.7. The monoisotopic (exact) mass is 440 g/mol. The summed E-state index contributed by atoms with van der Waals surface area (Å²) in [6.45, 7) is 3.27. The Morgan fingerprint density at radius 2 is 1.80 bits per heavy atom. The number of benzene rings is 2. The number of methoxy groups -OCH3 is 1. The average molecular weight is 441 g/mol. The van der Waals surface area contributed by atoms with Gasteiger partial charge in [-0.05, 0) is 49.6 Å². The Morgan fingerprint density at radius 1 is 1.07 bits per heavy atom. The van der Waals surface area contributed by atoms with Crippen LogP contribution in [0.1, 0.15) is 18.9 Å². The highest BCUT2D eigenvalue weighted by molar-refractivity contribution is 7.92. The summed E-state index contributed by atoms with van der Waals surface area (Å²) in [7, 11) is -2.10. The van der Waals surface area contributed by atoms with Crippen molar-refractivity contribution >= 4 is 32.1 Å². The normalized spacial score (nSPS) is 12.2. The second kappa shape index (κ2) is 7.37. The number of hydrogen-bond donors (Lipinski definition) is 1. The third-order valence-corrected chi connectivity index (χ3v) is 8.80. The number of rotatable bonds is 5. The van der Waals surface area contributed by atoms with Gasteiger partial charge in [-0.2, -0.15) is 0 Å². The molecule has 154 valence electrons. The van der Waals surface area contributed by atoms with E-state index in [1.807, 2.05) is 12.1 Å². The van der Waals surface area contributed by atoms with Crippen LogP contribution in [0, 0.1) is 0 Å². The Balaban J connectivity index is 1.77. The molecule has 0 saturated carbocycles. The van der Waals surface area contributed by atoms with E-state index in [9.17, 15) is 13.2 Å². The molecule has 6 nitrogen and oxygen atoms in total. The molecule has 1 N–H and O–H groups in total. The van der Waals surface area contributed by atoms with Crippen LogP contribution in [0.2, 0.25) is 0 Å². The molecule has 0 amide bonds. The fourth-order valence-corrected chi connectivity index (χ4v) is 5.87. The molecule has 4 rings (SSSR count). The van der Waals surface area contributed by atoms with Crippen molar-refractivity contribution in [1.29, 1.82) is 0 Å². The summed E-state index contributed by atoms with van der Waals surface area (Å²) in [5, 5.41) is 2.98. The largest absolute Gasteiger partial charge is 0.497 e. The molecule has 2 aromatic heterocycles. The second-order valence-corrected chi connectivity index (χ2v) is 10.7. The number of nitrogens with one attached hydrogen (secondary N) is 1. The first kappa shape index (κ1) is 20.3. The lowest BCUT2D eigenvalue weighted by molar-refractivity contribution is 0.415. The van der Waals surface area contributed by atoms with Crippen LogP contribution >= 0.6 is 11.3 Å². The van der Waals surface area contributed by atoms with Gasteiger partial charge in [0, 0.05) is 11.4 Å². The van der Waals surface area contributed by atoms with Gasteiger partial charge < -0.3 is 9.72 Å². The Labute approximate surface area is 178 Å². The zero-order chi connectivity index (χ0) is 21.5. The van der Waals surface area contributed by atoms with Gasteiger partial charge in [0.05, 0.1) is 28.8 Å². The molecule has 0 aliphatic carbocycles. The number of aromatic amines is 1. The van der Waals surface area contributed by atoms with E-state index in [1.165, 1.54) is 11.3 Å². The molecule has 0 aliphatic rings. The van der Waals surface area contributed by atoms with Gasteiger partial charge >= 0.3 is 0 Å². The smallest absolute Gasteiger partial charge is 0.257 e. The molecule has 0 radical (unpaired) electrons. The van der Waals surface area contributed by atoms with E-state index < -0.39 is 14.6 Å². The number of pyridine rings is 1. The Kier molecular flexibility index (Phi) is 4.99. The zero-order valence-corrected chi connectivity index (χ0v) is 18.3. The highest BCUT2D eigenvalue weighted by Crippen LogP contribution is 2.37. The minimum absolute atomic E-state index is 0.240. The van der Waals surface area contributed by atoms with Crippen molar-refractivity contribution in [2.24, 2.45) is 0 Å². The number of aromatic nitrogens is 2. The maximum atomic E-state index is 13.2. The van der Waals surface area contributed by atoms with E-state index in [0.29, 0.717) is 27.5 Å².